The summed E-state index contributed by atoms with van der Waals surface area (Å²) in [6, 6.07) is 7.38. The lowest BCUT2D eigenvalue weighted by Gasteiger charge is -2.31. The van der Waals surface area contributed by atoms with E-state index in [4.69, 9.17) is 18.9 Å². The van der Waals surface area contributed by atoms with Crippen LogP contribution in [0.1, 0.15) is 58.4 Å². The van der Waals surface area contributed by atoms with Crippen molar-refractivity contribution >= 4 is 17.7 Å². The molecule has 2 aliphatic heterocycles. The summed E-state index contributed by atoms with van der Waals surface area (Å²) in [5.41, 5.74) is 3.62. The van der Waals surface area contributed by atoms with Crippen molar-refractivity contribution in [2.45, 2.75) is 84.0 Å². The van der Waals surface area contributed by atoms with Gasteiger partial charge >= 0.3 is 5.97 Å². The third-order valence-corrected chi connectivity index (χ3v) is 7.17. The van der Waals surface area contributed by atoms with Gasteiger partial charge in [-0.25, -0.2) is 4.79 Å². The Balaban J connectivity index is 1.94. The van der Waals surface area contributed by atoms with Crippen molar-refractivity contribution in [2.24, 2.45) is 0 Å². The average Bonchev–Trinajstić information content (AvgIpc) is 2.98. The Morgan fingerprint density at radius 3 is 2.60 bits per heavy atom. The summed E-state index contributed by atoms with van der Waals surface area (Å²) in [4.78, 5) is 38.4. The largest absolute Gasteiger partial charge is 0.497 e. The average molecular weight is 616 g/mol. The topological polar surface area (TPSA) is 100 Å². The van der Waals surface area contributed by atoms with Gasteiger partial charge in [0.15, 0.2) is 18.1 Å². The lowest BCUT2D eigenvalue weighted by atomic mass is 9.95. The van der Waals surface area contributed by atoms with Gasteiger partial charge in [0.25, 0.3) is 0 Å². The molecule has 1 amide bonds. The minimum atomic E-state index is -0.976. The second-order valence-electron chi connectivity index (χ2n) is 11.3. The number of benzene rings is 1. The van der Waals surface area contributed by atoms with Gasteiger partial charge in [-0.2, -0.15) is 0 Å². The van der Waals surface area contributed by atoms with Crippen molar-refractivity contribution < 1.29 is 33.3 Å². The molecule has 2 heterocycles. The number of carbonyl (C=O) groups is 3. The zero-order valence-electron chi connectivity index (χ0n) is 26.7. The number of methoxy groups -OCH3 is 1. The van der Waals surface area contributed by atoms with Crippen LogP contribution in [-0.4, -0.2) is 49.3 Å². The van der Waals surface area contributed by atoms with Crippen LogP contribution < -0.4 is 10.1 Å². The molecule has 0 saturated carbocycles. The number of rotatable bonds is 8. The normalized spacial score (nSPS) is 26.5. The molecule has 0 aliphatic carbocycles. The smallest absolute Gasteiger partial charge is 0.331 e. The molecule has 8 heteroatoms. The molecular weight excluding hydrogens is 570 g/mol. The van der Waals surface area contributed by atoms with Crippen molar-refractivity contribution in [3.05, 3.63) is 114 Å². The van der Waals surface area contributed by atoms with Gasteiger partial charge in [-0.1, -0.05) is 78.0 Å². The van der Waals surface area contributed by atoms with Gasteiger partial charge in [-0.15, -0.1) is 0 Å². The summed E-state index contributed by atoms with van der Waals surface area (Å²) in [5.74, 6) is -0.323. The number of hydrogen-bond acceptors (Lipinski definition) is 7. The van der Waals surface area contributed by atoms with E-state index in [2.05, 4.69) is 11.9 Å². The number of cyclic esters (lactones) is 1. The fourth-order valence-corrected chi connectivity index (χ4v) is 5.00. The standard InChI is InChI=1S/C37H45NO7/c1-6-7-8-14-35(40)38-37(43-25-29-16-18-31(42-5)19-17-29)34-24-28(4)23-33-22-27(3)21-32(44-33)13-10-12-30(39)20-26(2)11-9-15-36(41)45-34/h6-12,14-19,23,32-34,37H,3,13,20-22,24-25H2,1-2,4-5H3,(H,38,40)/b7-6+,12-10+,14-8-,15-9+,26-11-,28-23+/t32-,33-,34-,37+/m1/s1. The number of fused-ring (bicyclic) bond motifs is 2. The maximum absolute atomic E-state index is 13.0. The van der Waals surface area contributed by atoms with Crippen LogP contribution >= 0.6 is 0 Å². The van der Waals surface area contributed by atoms with E-state index in [-0.39, 0.29) is 37.4 Å². The van der Waals surface area contributed by atoms with E-state index in [9.17, 15) is 14.4 Å². The Bertz CT molecular complexity index is 1360. The molecule has 4 atom stereocenters. The quantitative estimate of drug-likeness (QED) is 0.116. The number of carbonyl (C=O) groups excluding carboxylic acids is 3. The van der Waals surface area contributed by atoms with E-state index in [1.54, 1.807) is 37.5 Å². The van der Waals surface area contributed by atoms with Crippen LogP contribution in [0.4, 0.5) is 0 Å². The minimum absolute atomic E-state index is 0.0288. The van der Waals surface area contributed by atoms with Crippen molar-refractivity contribution in [1.29, 1.82) is 0 Å². The molecular formula is C37H45NO7. The second-order valence-corrected chi connectivity index (χ2v) is 11.3. The Morgan fingerprint density at radius 2 is 1.87 bits per heavy atom. The van der Waals surface area contributed by atoms with Crippen molar-refractivity contribution in [3.8, 4) is 5.75 Å². The number of amides is 1. The zero-order valence-corrected chi connectivity index (χ0v) is 26.7. The lowest BCUT2D eigenvalue weighted by molar-refractivity contribution is -0.157. The van der Waals surface area contributed by atoms with Gasteiger partial charge in [-0.05, 0) is 63.8 Å². The van der Waals surface area contributed by atoms with Gasteiger partial charge in [-0.3, -0.25) is 9.59 Å². The van der Waals surface area contributed by atoms with Crippen LogP contribution in [0.15, 0.2) is 108 Å². The van der Waals surface area contributed by atoms with Crippen LogP contribution in [-0.2, 0) is 35.2 Å². The molecule has 0 unspecified atom stereocenters. The predicted octanol–water partition coefficient (Wildman–Crippen LogP) is 6.56. The summed E-state index contributed by atoms with van der Waals surface area (Å²) >= 11 is 0. The fourth-order valence-electron chi connectivity index (χ4n) is 5.00. The third kappa shape index (κ3) is 13.1. The van der Waals surface area contributed by atoms with E-state index in [1.165, 1.54) is 12.2 Å². The molecule has 45 heavy (non-hydrogen) atoms. The molecule has 1 aromatic carbocycles. The van der Waals surface area contributed by atoms with E-state index in [1.807, 2.05) is 63.3 Å². The molecule has 2 aliphatic rings. The van der Waals surface area contributed by atoms with Gasteiger partial charge < -0.3 is 24.3 Å². The number of allylic oxidation sites excluding steroid dienone is 7. The number of hydrogen-bond donors (Lipinski definition) is 1. The van der Waals surface area contributed by atoms with Gasteiger partial charge in [0.1, 0.15) is 5.75 Å². The van der Waals surface area contributed by atoms with Crippen molar-refractivity contribution in [2.75, 3.05) is 7.11 Å². The van der Waals surface area contributed by atoms with Crippen molar-refractivity contribution in [1.82, 2.24) is 5.32 Å². The number of nitrogens with one attached hydrogen (secondary N) is 1. The fraction of sp³-hybridized carbons (Fsp3) is 0.378. The first kappa shape index (κ1) is 35.2. The molecule has 8 nitrogen and oxygen atoms in total. The molecule has 3 rings (SSSR count). The van der Waals surface area contributed by atoms with Gasteiger partial charge in [0.2, 0.25) is 5.91 Å². The molecule has 1 aromatic rings. The molecule has 2 bridgehead atoms. The highest BCUT2D eigenvalue weighted by atomic mass is 16.6. The van der Waals surface area contributed by atoms with Crippen LogP contribution in [0.25, 0.3) is 0 Å². The maximum atomic E-state index is 13.0. The molecule has 1 N–H and O–H groups in total. The molecule has 0 radical (unpaired) electrons. The molecule has 240 valence electrons. The molecule has 1 fully saturated rings. The van der Waals surface area contributed by atoms with Crippen LogP contribution in [0.3, 0.4) is 0 Å². The summed E-state index contributed by atoms with van der Waals surface area (Å²) < 4.78 is 23.7. The van der Waals surface area contributed by atoms with E-state index >= 15 is 0 Å². The lowest BCUT2D eigenvalue weighted by Crippen LogP contribution is -2.46. The third-order valence-electron chi connectivity index (χ3n) is 7.17. The van der Waals surface area contributed by atoms with E-state index in [0.29, 0.717) is 18.6 Å². The summed E-state index contributed by atoms with van der Waals surface area (Å²) in [6.07, 6.45) is 16.9. The highest BCUT2D eigenvalue weighted by Crippen LogP contribution is 2.28. The molecule has 0 aromatic heterocycles. The first-order valence-corrected chi connectivity index (χ1v) is 15.2. The Hall–Kier alpha value is -4.27. The highest BCUT2D eigenvalue weighted by molar-refractivity contribution is 5.91. The van der Waals surface area contributed by atoms with E-state index < -0.39 is 24.2 Å². The summed E-state index contributed by atoms with van der Waals surface area (Å²) in [6.45, 7) is 9.97. The van der Waals surface area contributed by atoms with Gasteiger partial charge in [0, 0.05) is 25.0 Å². The van der Waals surface area contributed by atoms with Gasteiger partial charge in [0.05, 0.1) is 25.9 Å². The Morgan fingerprint density at radius 1 is 1.09 bits per heavy atom. The SMILES string of the molecule is C=C1C[C@H]2C/C=C/C(=O)C/C(C)=C\C=C\C(=O)O[C@@H]([C@@H](NC(=O)/C=C\C=C\C)OCc3ccc(OC)cc3)C/C(C)=C/[C@@H](C1)O2. The molecule has 1 saturated heterocycles. The summed E-state index contributed by atoms with van der Waals surface area (Å²) in [5, 5.41) is 2.87. The Kier molecular flexibility index (Phi) is 14.5. The predicted molar refractivity (Wildman–Crippen MR) is 175 cm³/mol. The minimum Gasteiger partial charge on any atom is -0.497 e. The molecule has 0 spiro atoms. The Labute approximate surface area is 266 Å². The zero-order chi connectivity index (χ0) is 32.6. The maximum Gasteiger partial charge on any atom is 0.331 e. The van der Waals surface area contributed by atoms with Crippen LogP contribution in [0.2, 0.25) is 0 Å². The first-order valence-electron chi connectivity index (χ1n) is 15.2. The van der Waals surface area contributed by atoms with Crippen molar-refractivity contribution in [3.63, 3.8) is 0 Å². The summed E-state index contributed by atoms with van der Waals surface area (Å²) in [7, 11) is 1.60. The van der Waals surface area contributed by atoms with E-state index in [0.717, 1.165) is 28.7 Å². The highest BCUT2D eigenvalue weighted by Gasteiger charge is 2.29. The number of ketones is 1. The number of esters is 1. The second kappa shape index (κ2) is 18.5. The van der Waals surface area contributed by atoms with Crippen LogP contribution in [0, 0.1) is 0 Å². The number of ether oxygens (including phenoxy) is 4. The van der Waals surface area contributed by atoms with Crippen LogP contribution in [0.5, 0.6) is 5.75 Å². The first-order chi connectivity index (χ1) is 21.6. The monoisotopic (exact) mass is 615 g/mol.